The molecule has 156 valence electrons. The van der Waals surface area contributed by atoms with Crippen molar-refractivity contribution >= 4 is 0 Å². The van der Waals surface area contributed by atoms with Crippen molar-refractivity contribution in [2.45, 2.75) is 52.1 Å². The van der Waals surface area contributed by atoms with Gasteiger partial charge in [0.1, 0.15) is 5.82 Å². The summed E-state index contributed by atoms with van der Waals surface area (Å²) >= 11 is 0. The fourth-order valence-electron chi connectivity index (χ4n) is 4.30. The van der Waals surface area contributed by atoms with Crippen molar-refractivity contribution in [1.29, 1.82) is 0 Å². The van der Waals surface area contributed by atoms with E-state index in [4.69, 9.17) is 4.98 Å². The van der Waals surface area contributed by atoms with Crippen molar-refractivity contribution in [1.82, 2.24) is 34.4 Å². The first kappa shape index (κ1) is 19.1. The van der Waals surface area contributed by atoms with E-state index in [1.807, 2.05) is 32.2 Å². The third-order valence-corrected chi connectivity index (χ3v) is 6.13. The smallest absolute Gasteiger partial charge is 0.266 e. The zero-order valence-electron chi connectivity index (χ0n) is 17.5. The fraction of sp³-hybridized carbons (Fsp3) is 0.500. The van der Waals surface area contributed by atoms with Crippen LogP contribution in [-0.2, 0) is 13.1 Å². The summed E-state index contributed by atoms with van der Waals surface area (Å²) in [4.78, 5) is 23.9. The molecule has 8 nitrogen and oxygen atoms in total. The topological polar surface area (TPSA) is 81.7 Å². The Hall–Kier alpha value is -2.87. The van der Waals surface area contributed by atoms with Crippen LogP contribution in [0.3, 0.4) is 0 Å². The van der Waals surface area contributed by atoms with E-state index in [1.165, 1.54) is 19.3 Å². The van der Waals surface area contributed by atoms with E-state index in [0.717, 1.165) is 42.5 Å². The number of hydrogen-bond donors (Lipinski definition) is 0. The fourth-order valence-corrected chi connectivity index (χ4v) is 4.30. The lowest BCUT2D eigenvalue weighted by molar-refractivity contribution is 0.0752. The second kappa shape index (κ2) is 7.75. The molecule has 0 bridgehead atoms. The minimum absolute atomic E-state index is 0.0697. The largest absolute Gasteiger partial charge is 0.297 e. The van der Waals surface area contributed by atoms with Crippen LogP contribution in [0.25, 0.3) is 5.82 Å². The van der Waals surface area contributed by atoms with Gasteiger partial charge in [0.05, 0.1) is 17.9 Å². The quantitative estimate of drug-likeness (QED) is 0.626. The van der Waals surface area contributed by atoms with Crippen molar-refractivity contribution in [2.75, 3.05) is 13.1 Å². The molecule has 1 aliphatic carbocycles. The van der Waals surface area contributed by atoms with Crippen LogP contribution in [0.4, 0.5) is 0 Å². The molecule has 2 aliphatic rings. The minimum Gasteiger partial charge on any atom is -0.297 e. The average Bonchev–Trinajstić information content (AvgIpc) is 2.98. The minimum atomic E-state index is -0.0697. The van der Waals surface area contributed by atoms with E-state index in [-0.39, 0.29) is 5.56 Å². The van der Waals surface area contributed by atoms with Crippen molar-refractivity contribution in [3.8, 4) is 5.82 Å². The Balaban J connectivity index is 1.21. The summed E-state index contributed by atoms with van der Waals surface area (Å²) in [5, 5.41) is 9.03. The van der Waals surface area contributed by atoms with Crippen molar-refractivity contribution < 1.29 is 0 Å². The molecule has 0 radical (unpaired) electrons. The predicted molar refractivity (Wildman–Crippen MR) is 112 cm³/mol. The highest BCUT2D eigenvalue weighted by Crippen LogP contribution is 2.34. The van der Waals surface area contributed by atoms with E-state index in [0.29, 0.717) is 24.2 Å². The molecule has 1 saturated carbocycles. The molecule has 4 heterocycles. The van der Waals surface area contributed by atoms with Gasteiger partial charge in [-0.2, -0.15) is 5.10 Å². The molecular weight excluding hydrogens is 378 g/mol. The summed E-state index contributed by atoms with van der Waals surface area (Å²) in [7, 11) is 0. The molecule has 3 aromatic heterocycles. The number of nitrogens with zero attached hydrogens (tertiary/aromatic N) is 7. The van der Waals surface area contributed by atoms with Crippen LogP contribution < -0.4 is 5.56 Å². The Kier molecular flexibility index (Phi) is 4.94. The summed E-state index contributed by atoms with van der Waals surface area (Å²) in [5.41, 5.74) is 2.96. The van der Waals surface area contributed by atoms with Gasteiger partial charge in [0.25, 0.3) is 5.56 Å². The zero-order chi connectivity index (χ0) is 20.7. The maximum atomic E-state index is 12.3. The molecule has 3 aromatic rings. The Labute approximate surface area is 175 Å². The van der Waals surface area contributed by atoms with Crippen LogP contribution in [0.15, 0.2) is 35.3 Å². The molecule has 0 atom stereocenters. The van der Waals surface area contributed by atoms with Crippen molar-refractivity contribution in [2.24, 2.45) is 5.92 Å². The van der Waals surface area contributed by atoms with E-state index in [9.17, 15) is 4.79 Å². The number of aromatic nitrogens is 6. The lowest BCUT2D eigenvalue weighted by atomic mass is 9.85. The van der Waals surface area contributed by atoms with Crippen molar-refractivity contribution in [3.63, 3.8) is 0 Å². The maximum absolute atomic E-state index is 12.3. The van der Waals surface area contributed by atoms with Gasteiger partial charge in [0.15, 0.2) is 5.82 Å². The maximum Gasteiger partial charge on any atom is 0.266 e. The average molecular weight is 406 g/mol. The molecule has 30 heavy (non-hydrogen) atoms. The highest BCUT2D eigenvalue weighted by atomic mass is 16.1. The first-order valence-electron chi connectivity index (χ1n) is 10.7. The molecule has 8 heteroatoms. The molecule has 0 spiro atoms. The van der Waals surface area contributed by atoms with Gasteiger partial charge >= 0.3 is 0 Å². The van der Waals surface area contributed by atoms with Crippen LogP contribution in [0, 0.1) is 19.8 Å². The van der Waals surface area contributed by atoms with Crippen LogP contribution in [0.1, 0.15) is 48.1 Å². The highest BCUT2D eigenvalue weighted by Gasteiger charge is 2.28. The Bertz CT molecular complexity index is 1110. The molecule has 1 saturated heterocycles. The van der Waals surface area contributed by atoms with Gasteiger partial charge in [0, 0.05) is 49.4 Å². The van der Waals surface area contributed by atoms with Crippen LogP contribution in [0.2, 0.25) is 0 Å². The summed E-state index contributed by atoms with van der Waals surface area (Å²) in [6.45, 7) is 7.30. The van der Waals surface area contributed by atoms with Gasteiger partial charge in [-0.25, -0.2) is 19.3 Å². The van der Waals surface area contributed by atoms with E-state index < -0.39 is 0 Å². The summed E-state index contributed by atoms with van der Waals surface area (Å²) < 4.78 is 3.36. The van der Waals surface area contributed by atoms with Crippen molar-refractivity contribution in [3.05, 3.63) is 63.7 Å². The lowest BCUT2D eigenvalue weighted by Crippen LogP contribution is -2.49. The molecular formula is C22H27N7O. The molecule has 5 rings (SSSR count). The third kappa shape index (κ3) is 3.79. The molecule has 0 N–H and O–H groups in total. The molecule has 2 fully saturated rings. The highest BCUT2D eigenvalue weighted by molar-refractivity contribution is 5.23. The van der Waals surface area contributed by atoms with Crippen LogP contribution >= 0.6 is 0 Å². The standard InChI is InChI=1S/C22H27N7O/c1-15-10-16(2)29(25-15)20-6-7-21(30)28(26-20)13-17-11-27(12-17)14-19-8-9-23-22(24-19)18-4-3-5-18/h6-10,17-18H,3-5,11-14H2,1-2H3. The van der Waals surface area contributed by atoms with Gasteiger partial charge < -0.3 is 0 Å². The normalized spacial score (nSPS) is 17.7. The van der Waals surface area contributed by atoms with Gasteiger partial charge in [-0.1, -0.05) is 6.42 Å². The Morgan fingerprint density at radius 2 is 1.93 bits per heavy atom. The van der Waals surface area contributed by atoms with E-state index in [1.54, 1.807) is 21.5 Å². The van der Waals surface area contributed by atoms with E-state index in [2.05, 4.69) is 20.1 Å². The lowest BCUT2D eigenvalue weighted by Gasteiger charge is -2.39. The van der Waals surface area contributed by atoms with Gasteiger partial charge in [-0.05, 0) is 44.9 Å². The third-order valence-electron chi connectivity index (χ3n) is 6.13. The van der Waals surface area contributed by atoms with Gasteiger partial charge in [0.2, 0.25) is 0 Å². The Morgan fingerprint density at radius 1 is 1.10 bits per heavy atom. The Morgan fingerprint density at radius 3 is 2.63 bits per heavy atom. The summed E-state index contributed by atoms with van der Waals surface area (Å²) in [6.07, 6.45) is 5.61. The van der Waals surface area contributed by atoms with Crippen LogP contribution in [0.5, 0.6) is 0 Å². The summed E-state index contributed by atoms with van der Waals surface area (Å²) in [6, 6.07) is 7.34. The zero-order valence-corrected chi connectivity index (χ0v) is 17.5. The second-order valence-corrected chi connectivity index (χ2v) is 8.64. The van der Waals surface area contributed by atoms with Gasteiger partial charge in [-0.3, -0.25) is 9.69 Å². The molecule has 0 aromatic carbocycles. The van der Waals surface area contributed by atoms with Crippen LogP contribution in [-0.4, -0.2) is 47.5 Å². The molecule has 1 aliphatic heterocycles. The molecule has 0 amide bonds. The first-order chi connectivity index (χ1) is 14.5. The SMILES string of the molecule is Cc1cc(C)n(-c2ccc(=O)n(CC3CN(Cc4ccnc(C5CCC5)n4)C3)n2)n1. The van der Waals surface area contributed by atoms with Gasteiger partial charge in [-0.15, -0.1) is 5.10 Å². The first-order valence-corrected chi connectivity index (χ1v) is 10.7. The number of aryl methyl sites for hydroxylation is 2. The van der Waals surface area contributed by atoms with E-state index >= 15 is 0 Å². The summed E-state index contributed by atoms with van der Waals surface area (Å²) in [5.74, 6) is 2.66. The number of hydrogen-bond acceptors (Lipinski definition) is 6. The number of likely N-dealkylation sites (tertiary alicyclic amines) is 1. The predicted octanol–water partition coefficient (Wildman–Crippen LogP) is 2.24. The monoisotopic (exact) mass is 405 g/mol. The number of rotatable bonds is 6. The molecule has 0 unspecified atom stereocenters. The second-order valence-electron chi connectivity index (χ2n) is 8.64.